The summed E-state index contributed by atoms with van der Waals surface area (Å²) in [5, 5.41) is 4.35. The Morgan fingerprint density at radius 1 is 1.07 bits per heavy atom. The Labute approximate surface area is 177 Å². The first-order valence-electron chi connectivity index (χ1n) is 8.71. The predicted octanol–water partition coefficient (Wildman–Crippen LogP) is 4.70. The van der Waals surface area contributed by atoms with Crippen LogP contribution in [0.15, 0.2) is 52.4 Å². The summed E-state index contributed by atoms with van der Waals surface area (Å²) >= 11 is 13.3. The van der Waals surface area contributed by atoms with Crippen LogP contribution in [-0.2, 0) is 4.79 Å². The normalized spacial score (nSPS) is 12.4. The molecule has 3 rings (SSSR count). The van der Waals surface area contributed by atoms with Gasteiger partial charge in [-0.05, 0) is 63.2 Å². The van der Waals surface area contributed by atoms with E-state index in [4.69, 9.17) is 23.2 Å². The van der Waals surface area contributed by atoms with Crippen LogP contribution in [0.4, 0.5) is 0 Å². The van der Waals surface area contributed by atoms with Crippen molar-refractivity contribution in [2.75, 3.05) is 0 Å². The van der Waals surface area contributed by atoms with Crippen LogP contribution < -0.4 is 10.9 Å². The number of hydrogen-bond donors (Lipinski definition) is 1. The smallest absolute Gasteiger partial charge is 0.266 e. The molecule has 8 heteroatoms. The highest BCUT2D eigenvalue weighted by molar-refractivity contribution is 8.00. The first kappa shape index (κ1) is 20.7. The van der Waals surface area contributed by atoms with Gasteiger partial charge in [-0.3, -0.25) is 14.2 Å². The Hall–Kier alpha value is -2.02. The number of halogens is 2. The largest absolute Gasteiger partial charge is 0.353 e. The van der Waals surface area contributed by atoms with Gasteiger partial charge in [0, 0.05) is 16.1 Å². The fourth-order valence-corrected chi connectivity index (χ4v) is 3.88. The van der Waals surface area contributed by atoms with Gasteiger partial charge in [0.2, 0.25) is 5.91 Å². The summed E-state index contributed by atoms with van der Waals surface area (Å²) in [7, 11) is 0. The number of aromatic nitrogens is 2. The van der Waals surface area contributed by atoms with Crippen molar-refractivity contribution in [3.63, 3.8) is 0 Å². The van der Waals surface area contributed by atoms with Crippen LogP contribution in [0.2, 0.25) is 10.0 Å². The third-order valence-electron chi connectivity index (χ3n) is 3.97. The minimum absolute atomic E-state index is 0.0253. The van der Waals surface area contributed by atoms with Crippen LogP contribution in [-0.4, -0.2) is 26.8 Å². The van der Waals surface area contributed by atoms with E-state index in [1.165, 1.54) is 16.3 Å². The lowest BCUT2D eigenvalue weighted by Gasteiger charge is -2.17. The van der Waals surface area contributed by atoms with Gasteiger partial charge in [0.25, 0.3) is 5.56 Å². The molecule has 0 radical (unpaired) electrons. The molecular weight excluding hydrogens is 417 g/mol. The van der Waals surface area contributed by atoms with Crippen LogP contribution >= 0.6 is 35.0 Å². The van der Waals surface area contributed by atoms with Gasteiger partial charge in [0.05, 0.1) is 21.8 Å². The number of nitrogens with one attached hydrogen (secondary N) is 1. The van der Waals surface area contributed by atoms with E-state index in [0.717, 1.165) is 0 Å². The Bertz CT molecular complexity index is 1080. The lowest BCUT2D eigenvalue weighted by atomic mass is 10.2. The van der Waals surface area contributed by atoms with Crippen LogP contribution in [0.1, 0.15) is 20.8 Å². The highest BCUT2D eigenvalue weighted by atomic mass is 35.5. The molecule has 0 saturated carbocycles. The van der Waals surface area contributed by atoms with Crippen molar-refractivity contribution in [2.24, 2.45) is 0 Å². The van der Waals surface area contributed by atoms with Crippen molar-refractivity contribution >= 4 is 51.8 Å². The van der Waals surface area contributed by atoms with Crippen LogP contribution in [0.3, 0.4) is 0 Å². The van der Waals surface area contributed by atoms with Gasteiger partial charge in [0.15, 0.2) is 5.16 Å². The minimum Gasteiger partial charge on any atom is -0.353 e. The molecule has 146 valence electrons. The summed E-state index contributed by atoms with van der Waals surface area (Å²) in [4.78, 5) is 30.2. The molecule has 0 saturated heterocycles. The topological polar surface area (TPSA) is 64.0 Å². The molecule has 1 amide bonds. The van der Waals surface area contributed by atoms with Gasteiger partial charge in [-0.25, -0.2) is 4.98 Å². The van der Waals surface area contributed by atoms with Gasteiger partial charge in [-0.2, -0.15) is 0 Å². The van der Waals surface area contributed by atoms with Crippen molar-refractivity contribution in [2.45, 2.75) is 37.2 Å². The lowest BCUT2D eigenvalue weighted by molar-refractivity contribution is -0.120. The summed E-state index contributed by atoms with van der Waals surface area (Å²) in [5.41, 5.74) is 0.877. The molecular formula is C20H19Cl2N3O2S. The SMILES string of the molecule is CC(C)NC(=O)C(C)Sc1nc2cc(Cl)ccc2c(=O)n1-c1ccc(Cl)cc1. The average molecular weight is 436 g/mol. The van der Waals surface area contributed by atoms with E-state index in [1.807, 2.05) is 13.8 Å². The Morgan fingerprint density at radius 3 is 2.36 bits per heavy atom. The molecule has 0 bridgehead atoms. The van der Waals surface area contributed by atoms with Gasteiger partial charge < -0.3 is 5.32 Å². The Morgan fingerprint density at radius 2 is 1.71 bits per heavy atom. The molecule has 0 aliphatic carbocycles. The molecule has 1 N–H and O–H groups in total. The molecule has 0 fully saturated rings. The van der Waals surface area contributed by atoms with Crippen molar-refractivity contribution in [1.29, 1.82) is 0 Å². The van der Waals surface area contributed by atoms with Gasteiger partial charge in [0.1, 0.15) is 0 Å². The molecule has 1 heterocycles. The molecule has 1 aromatic heterocycles. The summed E-state index contributed by atoms with van der Waals surface area (Å²) in [6.45, 7) is 5.58. The standard InChI is InChI=1S/C20H19Cl2N3O2S/c1-11(2)23-18(26)12(3)28-20-24-17-10-14(22)6-9-16(17)19(27)25(20)15-7-4-13(21)5-8-15/h4-12H,1-3H3,(H,23,26). The third kappa shape index (κ3) is 4.51. The molecule has 2 aromatic carbocycles. The van der Waals surface area contributed by atoms with E-state index in [-0.39, 0.29) is 17.5 Å². The number of benzene rings is 2. The molecule has 3 aromatic rings. The third-order valence-corrected chi connectivity index (χ3v) is 5.51. The van der Waals surface area contributed by atoms with E-state index in [0.29, 0.717) is 31.8 Å². The number of carbonyl (C=O) groups is 1. The molecule has 0 spiro atoms. The highest BCUT2D eigenvalue weighted by Crippen LogP contribution is 2.26. The maximum atomic E-state index is 13.2. The monoisotopic (exact) mass is 435 g/mol. The first-order chi connectivity index (χ1) is 13.3. The van der Waals surface area contributed by atoms with Crippen molar-refractivity contribution in [3.8, 4) is 5.69 Å². The molecule has 28 heavy (non-hydrogen) atoms. The first-order valence-corrected chi connectivity index (χ1v) is 10.3. The summed E-state index contributed by atoms with van der Waals surface area (Å²) in [6, 6.07) is 11.9. The number of carbonyl (C=O) groups excluding carboxylic acids is 1. The summed E-state index contributed by atoms with van der Waals surface area (Å²) in [6.07, 6.45) is 0. The fourth-order valence-electron chi connectivity index (χ4n) is 2.65. The number of rotatable bonds is 5. The second kappa shape index (κ2) is 8.55. The fraction of sp³-hybridized carbons (Fsp3) is 0.250. The zero-order valence-corrected chi connectivity index (χ0v) is 17.9. The molecule has 5 nitrogen and oxygen atoms in total. The minimum atomic E-state index is -0.440. The van der Waals surface area contributed by atoms with Crippen molar-refractivity contribution in [3.05, 3.63) is 62.9 Å². The summed E-state index contributed by atoms with van der Waals surface area (Å²) < 4.78 is 1.50. The molecule has 0 aliphatic rings. The van der Waals surface area contributed by atoms with E-state index >= 15 is 0 Å². The van der Waals surface area contributed by atoms with E-state index in [2.05, 4.69) is 10.3 Å². The van der Waals surface area contributed by atoms with E-state index < -0.39 is 5.25 Å². The zero-order valence-electron chi connectivity index (χ0n) is 15.6. The highest BCUT2D eigenvalue weighted by Gasteiger charge is 2.20. The maximum Gasteiger partial charge on any atom is 0.266 e. The van der Waals surface area contributed by atoms with Crippen LogP contribution in [0.25, 0.3) is 16.6 Å². The van der Waals surface area contributed by atoms with Gasteiger partial charge >= 0.3 is 0 Å². The van der Waals surface area contributed by atoms with Crippen LogP contribution in [0.5, 0.6) is 0 Å². The van der Waals surface area contributed by atoms with Gasteiger partial charge in [-0.15, -0.1) is 0 Å². The molecule has 0 aliphatic heterocycles. The Kier molecular flexibility index (Phi) is 6.33. The Balaban J connectivity index is 2.15. The number of amides is 1. The van der Waals surface area contributed by atoms with E-state index in [9.17, 15) is 9.59 Å². The van der Waals surface area contributed by atoms with Gasteiger partial charge in [-0.1, -0.05) is 35.0 Å². The van der Waals surface area contributed by atoms with Crippen molar-refractivity contribution in [1.82, 2.24) is 14.9 Å². The quantitative estimate of drug-likeness (QED) is 0.465. The summed E-state index contributed by atoms with van der Waals surface area (Å²) in [5.74, 6) is -0.122. The second-order valence-electron chi connectivity index (χ2n) is 6.60. The number of hydrogen-bond acceptors (Lipinski definition) is 4. The van der Waals surface area contributed by atoms with E-state index in [1.54, 1.807) is 49.4 Å². The zero-order chi connectivity index (χ0) is 20.4. The maximum absolute atomic E-state index is 13.2. The average Bonchev–Trinajstić information content (AvgIpc) is 2.62. The second-order valence-corrected chi connectivity index (χ2v) is 8.78. The number of nitrogens with zero attached hydrogens (tertiary/aromatic N) is 2. The van der Waals surface area contributed by atoms with Crippen LogP contribution in [0, 0.1) is 0 Å². The molecule has 1 atom stereocenters. The molecule has 1 unspecified atom stereocenters. The predicted molar refractivity (Wildman–Crippen MR) is 116 cm³/mol. The van der Waals surface area contributed by atoms with Crippen molar-refractivity contribution < 1.29 is 4.79 Å². The lowest BCUT2D eigenvalue weighted by Crippen LogP contribution is -2.36. The number of thioether (sulfide) groups is 1. The number of fused-ring (bicyclic) bond motifs is 1.